The standard InChI is InChI=1S/C17H29N3O/c1-4-6-7-11-19-17(21)14(3)20(12-5-2)16-10-8-9-15(18)13-16/h8-10,13-14H,4-7,11-12,18H2,1-3H3,(H,19,21). The maximum atomic E-state index is 12.3. The van der Waals surface area contributed by atoms with E-state index in [1.54, 1.807) is 0 Å². The summed E-state index contributed by atoms with van der Waals surface area (Å²) in [6.45, 7) is 7.83. The molecule has 0 aliphatic heterocycles. The first-order valence-corrected chi connectivity index (χ1v) is 8.00. The predicted octanol–water partition coefficient (Wildman–Crippen LogP) is 3.18. The van der Waals surface area contributed by atoms with Crippen LogP contribution in [0.2, 0.25) is 0 Å². The molecular weight excluding hydrogens is 262 g/mol. The first-order valence-electron chi connectivity index (χ1n) is 8.00. The van der Waals surface area contributed by atoms with Gasteiger partial charge in [-0.05, 0) is 38.0 Å². The average Bonchev–Trinajstić information content (AvgIpc) is 2.48. The molecule has 1 aromatic carbocycles. The van der Waals surface area contributed by atoms with E-state index in [0.29, 0.717) is 0 Å². The van der Waals surface area contributed by atoms with Gasteiger partial charge in [0.25, 0.3) is 0 Å². The summed E-state index contributed by atoms with van der Waals surface area (Å²) in [5, 5.41) is 3.03. The molecule has 0 aliphatic rings. The van der Waals surface area contributed by atoms with Crippen LogP contribution in [0.1, 0.15) is 46.5 Å². The van der Waals surface area contributed by atoms with Crippen molar-refractivity contribution in [2.24, 2.45) is 0 Å². The number of nitrogens with zero attached hydrogens (tertiary/aromatic N) is 1. The van der Waals surface area contributed by atoms with Gasteiger partial charge in [-0.15, -0.1) is 0 Å². The summed E-state index contributed by atoms with van der Waals surface area (Å²) in [6.07, 6.45) is 4.35. The van der Waals surface area contributed by atoms with Crippen molar-refractivity contribution in [3.8, 4) is 0 Å². The van der Waals surface area contributed by atoms with E-state index < -0.39 is 0 Å². The van der Waals surface area contributed by atoms with E-state index in [4.69, 9.17) is 5.73 Å². The molecule has 0 bridgehead atoms. The van der Waals surface area contributed by atoms with Gasteiger partial charge in [-0.2, -0.15) is 0 Å². The molecule has 1 aromatic rings. The summed E-state index contributed by atoms with van der Waals surface area (Å²) < 4.78 is 0. The number of rotatable bonds is 9. The molecule has 0 saturated heterocycles. The van der Waals surface area contributed by atoms with Gasteiger partial charge in [-0.1, -0.05) is 32.8 Å². The maximum absolute atomic E-state index is 12.3. The molecule has 3 N–H and O–H groups in total. The molecule has 0 aliphatic carbocycles. The normalized spacial score (nSPS) is 12.0. The zero-order valence-electron chi connectivity index (χ0n) is 13.6. The minimum Gasteiger partial charge on any atom is -0.399 e. The number of hydrogen-bond acceptors (Lipinski definition) is 3. The number of nitrogens with two attached hydrogens (primary N) is 1. The molecule has 0 radical (unpaired) electrons. The van der Waals surface area contributed by atoms with Crippen molar-refractivity contribution < 1.29 is 4.79 Å². The van der Waals surface area contributed by atoms with Gasteiger partial charge < -0.3 is 16.0 Å². The molecule has 0 spiro atoms. The highest BCUT2D eigenvalue weighted by Gasteiger charge is 2.20. The number of benzene rings is 1. The summed E-state index contributed by atoms with van der Waals surface area (Å²) in [5.74, 6) is 0.0852. The summed E-state index contributed by atoms with van der Waals surface area (Å²) in [5.41, 5.74) is 7.59. The van der Waals surface area contributed by atoms with E-state index in [9.17, 15) is 4.79 Å². The fraction of sp³-hybridized carbons (Fsp3) is 0.588. The van der Waals surface area contributed by atoms with Crippen molar-refractivity contribution in [3.63, 3.8) is 0 Å². The quantitative estimate of drug-likeness (QED) is 0.542. The lowest BCUT2D eigenvalue weighted by Crippen LogP contribution is -2.46. The van der Waals surface area contributed by atoms with Crippen molar-refractivity contribution >= 4 is 17.3 Å². The molecule has 1 amide bonds. The van der Waals surface area contributed by atoms with Crippen LogP contribution in [0, 0.1) is 0 Å². The summed E-state index contributed by atoms with van der Waals surface area (Å²) >= 11 is 0. The average molecular weight is 291 g/mol. The number of nitrogen functional groups attached to an aromatic ring is 1. The van der Waals surface area contributed by atoms with Gasteiger partial charge in [0.1, 0.15) is 6.04 Å². The van der Waals surface area contributed by atoms with Crippen LogP contribution in [0.15, 0.2) is 24.3 Å². The molecule has 1 rings (SSSR count). The third-order valence-corrected chi connectivity index (χ3v) is 3.59. The Kier molecular flexibility index (Phi) is 7.65. The van der Waals surface area contributed by atoms with Crippen molar-refractivity contribution in [2.75, 3.05) is 23.7 Å². The molecule has 0 aromatic heterocycles. The minimum absolute atomic E-state index is 0.0852. The molecule has 4 heteroatoms. The molecule has 0 saturated carbocycles. The lowest BCUT2D eigenvalue weighted by atomic mass is 10.1. The lowest BCUT2D eigenvalue weighted by Gasteiger charge is -2.30. The molecule has 1 unspecified atom stereocenters. The summed E-state index contributed by atoms with van der Waals surface area (Å²) in [7, 11) is 0. The third kappa shape index (κ3) is 5.66. The molecule has 0 heterocycles. The lowest BCUT2D eigenvalue weighted by molar-refractivity contribution is -0.122. The van der Waals surface area contributed by atoms with Gasteiger partial charge in [0, 0.05) is 24.5 Å². The highest BCUT2D eigenvalue weighted by molar-refractivity contribution is 5.85. The van der Waals surface area contributed by atoms with Gasteiger partial charge in [-0.25, -0.2) is 0 Å². The highest BCUT2D eigenvalue weighted by Crippen LogP contribution is 2.20. The van der Waals surface area contributed by atoms with Crippen molar-refractivity contribution in [3.05, 3.63) is 24.3 Å². The number of amides is 1. The molecule has 1 atom stereocenters. The largest absolute Gasteiger partial charge is 0.399 e. The first-order chi connectivity index (χ1) is 10.1. The number of nitrogens with one attached hydrogen (secondary N) is 1. The SMILES string of the molecule is CCCCCNC(=O)C(C)N(CCC)c1cccc(N)c1. The fourth-order valence-electron chi connectivity index (χ4n) is 2.37. The topological polar surface area (TPSA) is 58.4 Å². The Morgan fingerprint density at radius 3 is 2.67 bits per heavy atom. The predicted molar refractivity (Wildman–Crippen MR) is 90.5 cm³/mol. The molecule has 4 nitrogen and oxygen atoms in total. The monoisotopic (exact) mass is 291 g/mol. The zero-order valence-corrected chi connectivity index (χ0v) is 13.6. The Morgan fingerprint density at radius 2 is 2.05 bits per heavy atom. The number of anilines is 2. The van der Waals surface area contributed by atoms with Crippen LogP contribution in [0.4, 0.5) is 11.4 Å². The smallest absolute Gasteiger partial charge is 0.242 e. The number of hydrogen-bond donors (Lipinski definition) is 2. The van der Waals surface area contributed by atoms with E-state index in [-0.39, 0.29) is 11.9 Å². The van der Waals surface area contributed by atoms with Crippen LogP contribution < -0.4 is 16.0 Å². The van der Waals surface area contributed by atoms with Crippen LogP contribution >= 0.6 is 0 Å². The van der Waals surface area contributed by atoms with Gasteiger partial charge >= 0.3 is 0 Å². The Bertz CT molecular complexity index is 434. The molecular formula is C17H29N3O. The zero-order chi connectivity index (χ0) is 15.7. The van der Waals surface area contributed by atoms with Crippen molar-refractivity contribution in [1.29, 1.82) is 0 Å². The molecule has 118 valence electrons. The van der Waals surface area contributed by atoms with Gasteiger partial charge in [0.05, 0.1) is 0 Å². The Morgan fingerprint density at radius 1 is 1.29 bits per heavy atom. The Labute approximate surface area is 128 Å². The number of unbranched alkanes of at least 4 members (excludes halogenated alkanes) is 2. The van der Waals surface area contributed by atoms with Crippen LogP contribution in [0.3, 0.4) is 0 Å². The van der Waals surface area contributed by atoms with E-state index in [2.05, 4.69) is 24.1 Å². The van der Waals surface area contributed by atoms with Gasteiger partial charge in [-0.3, -0.25) is 4.79 Å². The minimum atomic E-state index is -0.187. The first kappa shape index (κ1) is 17.3. The highest BCUT2D eigenvalue weighted by atomic mass is 16.2. The second-order valence-electron chi connectivity index (χ2n) is 5.46. The number of carbonyl (C=O) groups is 1. The Hall–Kier alpha value is -1.71. The van der Waals surface area contributed by atoms with Crippen LogP contribution in [0.5, 0.6) is 0 Å². The molecule has 21 heavy (non-hydrogen) atoms. The van der Waals surface area contributed by atoms with E-state index in [0.717, 1.165) is 50.1 Å². The second-order valence-corrected chi connectivity index (χ2v) is 5.46. The summed E-state index contributed by atoms with van der Waals surface area (Å²) in [4.78, 5) is 14.4. The molecule has 0 fully saturated rings. The van der Waals surface area contributed by atoms with Crippen LogP contribution in [0.25, 0.3) is 0 Å². The maximum Gasteiger partial charge on any atom is 0.242 e. The van der Waals surface area contributed by atoms with Crippen molar-refractivity contribution in [2.45, 2.75) is 52.5 Å². The third-order valence-electron chi connectivity index (χ3n) is 3.59. The number of carbonyl (C=O) groups excluding carboxylic acids is 1. The van der Waals surface area contributed by atoms with E-state index in [1.807, 2.05) is 31.2 Å². The van der Waals surface area contributed by atoms with Crippen LogP contribution in [-0.2, 0) is 4.79 Å². The van der Waals surface area contributed by atoms with E-state index >= 15 is 0 Å². The van der Waals surface area contributed by atoms with Crippen LogP contribution in [-0.4, -0.2) is 25.0 Å². The van der Waals surface area contributed by atoms with Gasteiger partial charge in [0.15, 0.2) is 0 Å². The summed E-state index contributed by atoms with van der Waals surface area (Å²) in [6, 6.07) is 7.54. The second kappa shape index (κ2) is 9.27. The Balaban J connectivity index is 2.68. The van der Waals surface area contributed by atoms with Crippen molar-refractivity contribution in [1.82, 2.24) is 5.32 Å². The fourth-order valence-corrected chi connectivity index (χ4v) is 2.37. The van der Waals surface area contributed by atoms with E-state index in [1.165, 1.54) is 0 Å². The van der Waals surface area contributed by atoms with Gasteiger partial charge in [0.2, 0.25) is 5.91 Å².